The zero-order valence-corrected chi connectivity index (χ0v) is 16.5. The molecule has 28 heavy (non-hydrogen) atoms. The number of carbonyl (C=O) groups excluding carboxylic acids is 1. The highest BCUT2D eigenvalue weighted by atomic mass is 16.5. The molecular formula is C23H29N3O2. The number of benzene rings is 2. The third-order valence-electron chi connectivity index (χ3n) is 5.82. The maximum Gasteiger partial charge on any atom is 0.227 e. The van der Waals surface area contributed by atoms with Gasteiger partial charge in [-0.05, 0) is 49.6 Å². The first-order valence-corrected chi connectivity index (χ1v) is 10.3. The minimum Gasteiger partial charge on any atom is -0.496 e. The van der Waals surface area contributed by atoms with Gasteiger partial charge in [0.05, 0.1) is 7.11 Å². The van der Waals surface area contributed by atoms with Crippen LogP contribution in [0.15, 0.2) is 48.5 Å². The fourth-order valence-electron chi connectivity index (χ4n) is 4.35. The highest BCUT2D eigenvalue weighted by Gasteiger charge is 2.26. The number of carbonyl (C=O) groups is 1. The molecule has 0 unspecified atom stereocenters. The highest BCUT2D eigenvalue weighted by molar-refractivity contribution is 5.95. The van der Waals surface area contributed by atoms with Crippen molar-refractivity contribution < 1.29 is 9.53 Å². The molecule has 2 aromatic carbocycles. The number of hydrogen-bond acceptors (Lipinski definition) is 4. The monoisotopic (exact) mass is 379 g/mol. The first kappa shape index (κ1) is 19.0. The molecule has 0 saturated carbocycles. The van der Waals surface area contributed by atoms with Gasteiger partial charge < -0.3 is 20.3 Å². The van der Waals surface area contributed by atoms with Crippen LogP contribution in [0.5, 0.6) is 5.75 Å². The van der Waals surface area contributed by atoms with Gasteiger partial charge in [-0.3, -0.25) is 4.79 Å². The summed E-state index contributed by atoms with van der Waals surface area (Å²) in [5.74, 6) is 1.08. The molecule has 2 heterocycles. The summed E-state index contributed by atoms with van der Waals surface area (Å²) in [6.45, 7) is 2.57. The van der Waals surface area contributed by atoms with E-state index in [-0.39, 0.29) is 5.91 Å². The minimum atomic E-state index is 0.213. The largest absolute Gasteiger partial charge is 0.496 e. The number of nitrogens with one attached hydrogen (secondary N) is 2. The van der Waals surface area contributed by atoms with Gasteiger partial charge in [-0.2, -0.15) is 0 Å². The van der Waals surface area contributed by atoms with Gasteiger partial charge in [0, 0.05) is 42.8 Å². The molecule has 1 amide bonds. The molecule has 2 aromatic rings. The van der Waals surface area contributed by atoms with E-state index < -0.39 is 0 Å². The van der Waals surface area contributed by atoms with E-state index in [0.29, 0.717) is 25.0 Å². The molecular weight excluding hydrogens is 350 g/mol. The van der Waals surface area contributed by atoms with Crippen LogP contribution in [0.1, 0.15) is 42.9 Å². The van der Waals surface area contributed by atoms with Crippen LogP contribution in [0.4, 0.5) is 5.69 Å². The lowest BCUT2D eigenvalue weighted by Crippen LogP contribution is -2.45. The number of amides is 1. The third-order valence-corrected chi connectivity index (χ3v) is 5.82. The van der Waals surface area contributed by atoms with Gasteiger partial charge in [-0.1, -0.05) is 30.3 Å². The predicted octanol–water partition coefficient (Wildman–Crippen LogP) is 3.40. The molecule has 2 atom stereocenters. The van der Waals surface area contributed by atoms with E-state index in [0.717, 1.165) is 42.9 Å². The molecule has 4 rings (SSSR count). The highest BCUT2D eigenvalue weighted by Crippen LogP contribution is 2.29. The first-order chi connectivity index (χ1) is 13.8. The van der Waals surface area contributed by atoms with Gasteiger partial charge in [0.25, 0.3) is 0 Å². The Labute approximate surface area is 167 Å². The van der Waals surface area contributed by atoms with Crippen LogP contribution in [0.25, 0.3) is 0 Å². The van der Waals surface area contributed by atoms with Crippen molar-refractivity contribution >= 4 is 11.6 Å². The predicted molar refractivity (Wildman–Crippen MR) is 112 cm³/mol. The summed E-state index contributed by atoms with van der Waals surface area (Å²) < 4.78 is 5.58. The molecule has 0 spiro atoms. The van der Waals surface area contributed by atoms with E-state index in [9.17, 15) is 4.79 Å². The topological polar surface area (TPSA) is 53.6 Å². The second kappa shape index (κ2) is 8.76. The van der Waals surface area contributed by atoms with Gasteiger partial charge in [0.2, 0.25) is 5.91 Å². The van der Waals surface area contributed by atoms with Crippen LogP contribution in [0.3, 0.4) is 0 Å². The molecule has 148 valence electrons. The van der Waals surface area contributed by atoms with Gasteiger partial charge in [0.1, 0.15) is 5.75 Å². The Balaban J connectivity index is 1.50. The van der Waals surface area contributed by atoms with E-state index in [2.05, 4.69) is 47.0 Å². The lowest BCUT2D eigenvalue weighted by atomic mass is 9.92. The van der Waals surface area contributed by atoms with Crippen molar-refractivity contribution in [2.24, 2.45) is 0 Å². The number of ether oxygens (including phenoxy) is 1. The number of nitrogens with zero attached hydrogens (tertiary/aromatic N) is 1. The minimum absolute atomic E-state index is 0.213. The van der Waals surface area contributed by atoms with Crippen LogP contribution in [0, 0.1) is 0 Å². The quantitative estimate of drug-likeness (QED) is 0.808. The molecule has 5 nitrogen and oxygen atoms in total. The zero-order chi connectivity index (χ0) is 19.3. The number of piperidine rings is 1. The Morgan fingerprint density at radius 2 is 2.04 bits per heavy atom. The molecule has 0 aliphatic carbocycles. The van der Waals surface area contributed by atoms with Crippen molar-refractivity contribution in [3.8, 4) is 5.75 Å². The second-order valence-electron chi connectivity index (χ2n) is 7.62. The summed E-state index contributed by atoms with van der Waals surface area (Å²) in [4.78, 5) is 14.0. The molecule has 0 bridgehead atoms. The SMILES string of the molecule is COc1ccc(N2CCCC2=O)cc1CN[C@H]1CCCN[C@H]1c1ccccc1. The summed E-state index contributed by atoms with van der Waals surface area (Å²) in [7, 11) is 1.70. The Morgan fingerprint density at radius 1 is 1.18 bits per heavy atom. The molecule has 2 N–H and O–H groups in total. The molecule has 5 heteroatoms. The van der Waals surface area contributed by atoms with Gasteiger partial charge in [0.15, 0.2) is 0 Å². The van der Waals surface area contributed by atoms with Crippen molar-refractivity contribution in [2.75, 3.05) is 25.1 Å². The summed E-state index contributed by atoms with van der Waals surface area (Å²) in [6.07, 6.45) is 3.89. The van der Waals surface area contributed by atoms with Crippen LogP contribution >= 0.6 is 0 Å². The summed E-state index contributed by atoms with van der Waals surface area (Å²) in [5.41, 5.74) is 3.39. The smallest absolute Gasteiger partial charge is 0.227 e. The van der Waals surface area contributed by atoms with Crippen molar-refractivity contribution in [3.63, 3.8) is 0 Å². The van der Waals surface area contributed by atoms with E-state index in [1.54, 1.807) is 7.11 Å². The molecule has 0 aromatic heterocycles. The van der Waals surface area contributed by atoms with Crippen LogP contribution in [0.2, 0.25) is 0 Å². The number of hydrogen-bond donors (Lipinski definition) is 2. The molecule has 0 radical (unpaired) electrons. The maximum absolute atomic E-state index is 12.1. The number of methoxy groups -OCH3 is 1. The molecule has 2 aliphatic heterocycles. The normalized spacial score (nSPS) is 22.5. The van der Waals surface area contributed by atoms with E-state index in [4.69, 9.17) is 4.74 Å². The Bertz CT molecular complexity index is 809. The van der Waals surface area contributed by atoms with E-state index in [1.165, 1.54) is 12.0 Å². The Hall–Kier alpha value is -2.37. The van der Waals surface area contributed by atoms with Gasteiger partial charge in [-0.25, -0.2) is 0 Å². The van der Waals surface area contributed by atoms with Crippen LogP contribution < -0.4 is 20.3 Å². The average molecular weight is 380 g/mol. The summed E-state index contributed by atoms with van der Waals surface area (Å²) >= 11 is 0. The zero-order valence-electron chi connectivity index (χ0n) is 16.5. The van der Waals surface area contributed by atoms with Crippen molar-refractivity contribution in [2.45, 2.75) is 44.3 Å². The molecule has 2 fully saturated rings. The van der Waals surface area contributed by atoms with E-state index >= 15 is 0 Å². The lowest BCUT2D eigenvalue weighted by Gasteiger charge is -2.34. The van der Waals surface area contributed by atoms with Crippen molar-refractivity contribution in [1.29, 1.82) is 0 Å². The van der Waals surface area contributed by atoms with Crippen molar-refractivity contribution in [3.05, 3.63) is 59.7 Å². The standard InChI is InChI=1S/C23H29N3O2/c1-28-21-12-11-19(26-14-6-10-22(26)27)15-18(21)16-25-20-9-5-13-24-23(20)17-7-3-2-4-8-17/h2-4,7-8,11-12,15,20,23-25H,5-6,9-10,13-14,16H2,1H3/t20-,23-/m0/s1. The van der Waals surface area contributed by atoms with Gasteiger partial charge in [-0.15, -0.1) is 0 Å². The Kier molecular flexibility index (Phi) is 5.93. The number of anilines is 1. The lowest BCUT2D eigenvalue weighted by molar-refractivity contribution is -0.117. The first-order valence-electron chi connectivity index (χ1n) is 10.3. The van der Waals surface area contributed by atoms with Crippen LogP contribution in [-0.2, 0) is 11.3 Å². The summed E-state index contributed by atoms with van der Waals surface area (Å²) in [6, 6.07) is 17.4. The second-order valence-corrected chi connectivity index (χ2v) is 7.62. The average Bonchev–Trinajstić information content (AvgIpc) is 3.18. The fourth-order valence-corrected chi connectivity index (χ4v) is 4.35. The van der Waals surface area contributed by atoms with Crippen molar-refractivity contribution in [1.82, 2.24) is 10.6 Å². The van der Waals surface area contributed by atoms with E-state index in [1.807, 2.05) is 17.0 Å². The molecule has 2 aliphatic rings. The third kappa shape index (κ3) is 4.05. The molecule has 2 saturated heterocycles. The van der Waals surface area contributed by atoms with Gasteiger partial charge >= 0.3 is 0 Å². The van der Waals surface area contributed by atoms with Crippen LogP contribution in [-0.4, -0.2) is 32.1 Å². The number of rotatable bonds is 6. The summed E-state index contributed by atoms with van der Waals surface area (Å²) in [5, 5.41) is 7.41. The Morgan fingerprint density at radius 3 is 2.79 bits per heavy atom. The fraction of sp³-hybridized carbons (Fsp3) is 0.435. The maximum atomic E-state index is 12.1.